The smallest absolute Gasteiger partial charge is 0.150 e. The van der Waals surface area contributed by atoms with Crippen LogP contribution in [0, 0.1) is 0 Å². The Labute approximate surface area is 74.0 Å². The molecule has 0 unspecified atom stereocenters. The third kappa shape index (κ3) is 1.43. The molecule has 0 saturated heterocycles. The highest BCUT2D eigenvalue weighted by Gasteiger charge is 2.14. The van der Waals surface area contributed by atoms with Crippen molar-refractivity contribution < 1.29 is 4.74 Å². The number of rotatable bonds is 1. The van der Waals surface area contributed by atoms with Crippen molar-refractivity contribution in [1.82, 2.24) is 4.98 Å². The van der Waals surface area contributed by atoms with Gasteiger partial charge in [0.05, 0.1) is 23.8 Å². The summed E-state index contributed by atoms with van der Waals surface area (Å²) < 4.78 is 6.48. The van der Waals surface area contributed by atoms with Crippen LogP contribution in [0.2, 0.25) is 0 Å². The van der Waals surface area contributed by atoms with Crippen molar-refractivity contribution in [1.29, 1.82) is 0 Å². The lowest BCUT2D eigenvalue weighted by Crippen LogP contribution is -2.07. The molecule has 1 aromatic rings. The Morgan fingerprint density at radius 3 is 3.27 bits per heavy atom. The topological polar surface area (TPSA) is 22.1 Å². The second-order valence-corrected chi connectivity index (χ2v) is 4.49. The van der Waals surface area contributed by atoms with Gasteiger partial charge >= 0.3 is 0 Å². The molecule has 1 aliphatic rings. The van der Waals surface area contributed by atoms with Crippen molar-refractivity contribution in [3.05, 3.63) is 10.6 Å². The van der Waals surface area contributed by atoms with Crippen LogP contribution in [0.25, 0.3) is 0 Å². The molecule has 2 heterocycles. The SMILES string of the molecule is CSc1nc2c(s1)COCC2. The zero-order chi connectivity index (χ0) is 7.68. The van der Waals surface area contributed by atoms with Gasteiger partial charge in [-0.1, -0.05) is 11.8 Å². The molecule has 60 valence electrons. The maximum absolute atomic E-state index is 5.31. The summed E-state index contributed by atoms with van der Waals surface area (Å²) in [4.78, 5) is 5.79. The van der Waals surface area contributed by atoms with E-state index in [0.717, 1.165) is 19.6 Å². The summed E-state index contributed by atoms with van der Waals surface area (Å²) in [6, 6.07) is 0. The van der Waals surface area contributed by atoms with Gasteiger partial charge < -0.3 is 4.74 Å². The quantitative estimate of drug-likeness (QED) is 0.627. The molecule has 0 radical (unpaired) electrons. The predicted octanol–water partition coefficient (Wildman–Crippen LogP) is 1.94. The average Bonchev–Trinajstić information content (AvgIpc) is 2.46. The average molecular weight is 187 g/mol. The zero-order valence-electron chi connectivity index (χ0n) is 6.29. The highest BCUT2D eigenvalue weighted by atomic mass is 32.2. The minimum atomic E-state index is 0.771. The van der Waals surface area contributed by atoms with Gasteiger partial charge in [-0.2, -0.15) is 0 Å². The summed E-state index contributed by atoms with van der Waals surface area (Å²) >= 11 is 3.48. The van der Waals surface area contributed by atoms with Crippen LogP contribution in [0.5, 0.6) is 0 Å². The Morgan fingerprint density at radius 1 is 1.64 bits per heavy atom. The van der Waals surface area contributed by atoms with Gasteiger partial charge in [-0.25, -0.2) is 4.98 Å². The number of thiazole rings is 1. The molecular formula is C7H9NOS2. The molecule has 2 nitrogen and oxygen atoms in total. The van der Waals surface area contributed by atoms with Crippen LogP contribution in [-0.2, 0) is 17.8 Å². The molecule has 0 fully saturated rings. The Hall–Kier alpha value is -0.0600. The van der Waals surface area contributed by atoms with E-state index in [1.54, 1.807) is 23.1 Å². The van der Waals surface area contributed by atoms with Gasteiger partial charge in [0.2, 0.25) is 0 Å². The fraction of sp³-hybridized carbons (Fsp3) is 0.571. The highest BCUT2D eigenvalue weighted by molar-refractivity contribution is 8.00. The standard InChI is InChI=1S/C7H9NOS2/c1-10-7-8-5-2-3-9-4-6(5)11-7/h2-4H2,1H3. The zero-order valence-corrected chi connectivity index (χ0v) is 7.93. The molecule has 0 atom stereocenters. The summed E-state index contributed by atoms with van der Waals surface area (Å²) in [5, 5.41) is 0. The summed E-state index contributed by atoms with van der Waals surface area (Å²) in [6.07, 6.45) is 3.05. The second-order valence-electron chi connectivity index (χ2n) is 2.36. The van der Waals surface area contributed by atoms with E-state index in [9.17, 15) is 0 Å². The molecule has 0 spiro atoms. The van der Waals surface area contributed by atoms with Gasteiger partial charge in [-0.05, 0) is 6.26 Å². The van der Waals surface area contributed by atoms with Crippen LogP contribution < -0.4 is 0 Å². The second kappa shape index (κ2) is 3.13. The molecule has 0 N–H and O–H groups in total. The van der Waals surface area contributed by atoms with Gasteiger partial charge in [0, 0.05) is 6.42 Å². The van der Waals surface area contributed by atoms with Crippen molar-refractivity contribution in [2.45, 2.75) is 17.4 Å². The number of hydrogen-bond donors (Lipinski definition) is 0. The molecule has 4 heteroatoms. The van der Waals surface area contributed by atoms with Gasteiger partial charge in [0.25, 0.3) is 0 Å². The Morgan fingerprint density at radius 2 is 2.55 bits per heavy atom. The van der Waals surface area contributed by atoms with E-state index < -0.39 is 0 Å². The maximum Gasteiger partial charge on any atom is 0.150 e. The first-order valence-corrected chi connectivity index (χ1v) is 5.54. The van der Waals surface area contributed by atoms with Gasteiger partial charge in [-0.3, -0.25) is 0 Å². The summed E-state index contributed by atoms with van der Waals surface area (Å²) in [5.74, 6) is 0. The first kappa shape index (κ1) is 7.58. The molecule has 0 saturated carbocycles. The lowest BCUT2D eigenvalue weighted by Gasteiger charge is -2.08. The van der Waals surface area contributed by atoms with Gasteiger partial charge in [0.1, 0.15) is 4.34 Å². The number of hydrogen-bond acceptors (Lipinski definition) is 4. The molecule has 11 heavy (non-hydrogen) atoms. The molecule has 0 amide bonds. The Bertz CT molecular complexity index is 235. The molecule has 0 bridgehead atoms. The third-order valence-electron chi connectivity index (χ3n) is 1.65. The first-order valence-electron chi connectivity index (χ1n) is 3.50. The largest absolute Gasteiger partial charge is 0.375 e. The van der Waals surface area contributed by atoms with Crippen LogP contribution in [-0.4, -0.2) is 17.8 Å². The van der Waals surface area contributed by atoms with E-state index in [4.69, 9.17) is 4.74 Å². The number of nitrogens with zero attached hydrogens (tertiary/aromatic N) is 1. The number of thioether (sulfide) groups is 1. The van der Waals surface area contributed by atoms with Crippen LogP contribution in [0.1, 0.15) is 10.6 Å². The van der Waals surface area contributed by atoms with Crippen molar-refractivity contribution in [3.8, 4) is 0 Å². The minimum Gasteiger partial charge on any atom is -0.375 e. The van der Waals surface area contributed by atoms with Crippen LogP contribution in [0.3, 0.4) is 0 Å². The molecule has 1 aromatic heterocycles. The number of ether oxygens (including phenoxy) is 1. The third-order valence-corrected chi connectivity index (χ3v) is 3.71. The number of aromatic nitrogens is 1. The molecular weight excluding hydrogens is 178 g/mol. The predicted molar refractivity (Wildman–Crippen MR) is 47.3 cm³/mol. The van der Waals surface area contributed by atoms with Crippen molar-refractivity contribution in [2.75, 3.05) is 12.9 Å². The van der Waals surface area contributed by atoms with E-state index in [1.165, 1.54) is 14.9 Å². The molecule has 0 aliphatic carbocycles. The Balaban J connectivity index is 2.32. The van der Waals surface area contributed by atoms with Crippen molar-refractivity contribution in [3.63, 3.8) is 0 Å². The molecule has 2 rings (SSSR count). The van der Waals surface area contributed by atoms with E-state index in [1.807, 2.05) is 0 Å². The van der Waals surface area contributed by atoms with Crippen LogP contribution >= 0.6 is 23.1 Å². The van der Waals surface area contributed by atoms with Crippen molar-refractivity contribution in [2.24, 2.45) is 0 Å². The monoisotopic (exact) mass is 187 g/mol. The number of fused-ring (bicyclic) bond motifs is 1. The normalized spacial score (nSPS) is 16.5. The first-order chi connectivity index (χ1) is 5.40. The van der Waals surface area contributed by atoms with Crippen molar-refractivity contribution >= 4 is 23.1 Å². The molecule has 0 aromatic carbocycles. The van der Waals surface area contributed by atoms with E-state index >= 15 is 0 Å². The molecule has 1 aliphatic heterocycles. The Kier molecular flexibility index (Phi) is 2.16. The van der Waals surface area contributed by atoms with E-state index in [2.05, 4.69) is 11.2 Å². The lowest BCUT2D eigenvalue weighted by atomic mass is 10.2. The van der Waals surface area contributed by atoms with Gasteiger partial charge in [0.15, 0.2) is 0 Å². The van der Waals surface area contributed by atoms with Crippen LogP contribution in [0.4, 0.5) is 0 Å². The highest BCUT2D eigenvalue weighted by Crippen LogP contribution is 2.28. The maximum atomic E-state index is 5.31. The minimum absolute atomic E-state index is 0.771. The van der Waals surface area contributed by atoms with Gasteiger partial charge in [-0.15, -0.1) is 11.3 Å². The summed E-state index contributed by atoms with van der Waals surface area (Å²) in [6.45, 7) is 1.61. The summed E-state index contributed by atoms with van der Waals surface area (Å²) in [7, 11) is 0. The van der Waals surface area contributed by atoms with Crippen LogP contribution in [0.15, 0.2) is 4.34 Å². The van der Waals surface area contributed by atoms with E-state index in [0.29, 0.717) is 0 Å². The fourth-order valence-corrected chi connectivity index (χ4v) is 2.70. The van der Waals surface area contributed by atoms with E-state index in [-0.39, 0.29) is 0 Å². The summed E-state index contributed by atoms with van der Waals surface area (Å²) in [5.41, 5.74) is 1.26. The fourth-order valence-electron chi connectivity index (χ4n) is 1.09. The lowest BCUT2D eigenvalue weighted by molar-refractivity contribution is 0.112.